The van der Waals surface area contributed by atoms with E-state index < -0.39 is 11.2 Å². The number of hydrogen-bond acceptors (Lipinski definition) is 16. The minimum atomic E-state index is -0.782. The summed E-state index contributed by atoms with van der Waals surface area (Å²) >= 11 is 6.36. The molecule has 17 nitrogen and oxygen atoms in total. The van der Waals surface area contributed by atoms with Crippen LogP contribution in [0.2, 0.25) is 0 Å². The number of carbonyl (C=O) groups excluding carboxylic acids is 1. The Kier molecular flexibility index (Phi) is 32.6. The lowest BCUT2D eigenvalue weighted by atomic mass is 10.1. The number of amides is 1. The Morgan fingerprint density at radius 3 is 0.792 bits per heavy atom. The van der Waals surface area contributed by atoms with Crippen LogP contribution in [-0.4, -0.2) is 212 Å². The van der Waals surface area contributed by atoms with Crippen LogP contribution < -0.4 is 0 Å². The van der Waals surface area contributed by atoms with E-state index in [1.165, 1.54) is 4.42 Å². The minimum absolute atomic E-state index is 0.0718. The highest BCUT2D eigenvalue weighted by atomic mass is 35.5. The monoisotopic (exact) mass is 792 g/mol. The molecule has 1 saturated heterocycles. The lowest BCUT2D eigenvalue weighted by Crippen LogP contribution is -2.47. The maximum absolute atomic E-state index is 12.6. The Morgan fingerprint density at radius 1 is 0.396 bits per heavy atom. The van der Waals surface area contributed by atoms with E-state index in [0.29, 0.717) is 172 Å². The first-order valence-corrected chi connectivity index (χ1v) is 18.9. The molecular formula is C35H69ClN2O15. The summed E-state index contributed by atoms with van der Waals surface area (Å²) in [6.45, 7) is 20.4. The number of rotatable bonds is 41. The van der Waals surface area contributed by atoms with Crippen LogP contribution in [0.15, 0.2) is 0 Å². The van der Waals surface area contributed by atoms with Gasteiger partial charge in [-0.1, -0.05) is 0 Å². The molecule has 1 heterocycles. The molecule has 18 heteroatoms. The Morgan fingerprint density at radius 2 is 0.604 bits per heavy atom. The van der Waals surface area contributed by atoms with Crippen LogP contribution in [0.25, 0.3) is 0 Å². The van der Waals surface area contributed by atoms with Gasteiger partial charge in [0.05, 0.1) is 172 Å². The first-order chi connectivity index (χ1) is 25.8. The Hall–Kier alpha value is -0.840. The van der Waals surface area contributed by atoms with Crippen molar-refractivity contribution in [2.45, 2.75) is 38.9 Å². The van der Waals surface area contributed by atoms with Gasteiger partial charge in [0.15, 0.2) is 0 Å². The summed E-state index contributed by atoms with van der Waals surface area (Å²) in [5.74, 6) is -0.0718. The average Bonchev–Trinajstić information content (AvgIpc) is 3.25. The zero-order valence-electron chi connectivity index (χ0n) is 33.0. The Bertz CT molecular complexity index is 834. The SMILES string of the molecule is COCCOCCOCCOCCOCCOCCOCCOCCOCCOCCOCCOCCOCCOCN1C(=O)C(C)(C)N(Cl)C1(C)C. The van der Waals surface area contributed by atoms with Crippen molar-refractivity contribution >= 4 is 17.7 Å². The van der Waals surface area contributed by atoms with Crippen LogP contribution in [0.1, 0.15) is 27.7 Å². The molecule has 316 valence electrons. The molecule has 53 heavy (non-hydrogen) atoms. The maximum atomic E-state index is 12.6. The third-order valence-corrected chi connectivity index (χ3v) is 8.35. The Labute approximate surface area is 322 Å². The van der Waals surface area contributed by atoms with Gasteiger partial charge in [0, 0.05) is 7.11 Å². The minimum Gasteiger partial charge on any atom is -0.382 e. The van der Waals surface area contributed by atoms with Gasteiger partial charge in [0.1, 0.15) is 17.9 Å². The molecule has 0 aromatic rings. The number of carbonyl (C=O) groups is 1. The topological polar surface area (TPSA) is 153 Å². The summed E-state index contributed by atoms with van der Waals surface area (Å²) in [4.78, 5) is 14.2. The predicted octanol–water partition coefficient (Wildman–Crippen LogP) is 1.62. The molecule has 0 unspecified atom stereocenters. The highest BCUT2D eigenvalue weighted by Gasteiger charge is 2.56. The van der Waals surface area contributed by atoms with Crippen LogP contribution in [0, 0.1) is 0 Å². The van der Waals surface area contributed by atoms with Gasteiger partial charge >= 0.3 is 0 Å². The fourth-order valence-electron chi connectivity index (χ4n) is 4.61. The molecule has 0 aromatic carbocycles. The van der Waals surface area contributed by atoms with Crippen molar-refractivity contribution in [2.75, 3.05) is 186 Å². The third-order valence-electron chi connectivity index (χ3n) is 7.52. The van der Waals surface area contributed by atoms with Gasteiger partial charge in [-0.2, -0.15) is 4.42 Å². The lowest BCUT2D eigenvalue weighted by Gasteiger charge is -2.35. The van der Waals surface area contributed by atoms with Crippen molar-refractivity contribution in [1.29, 1.82) is 0 Å². The van der Waals surface area contributed by atoms with E-state index in [1.54, 1.807) is 25.9 Å². The summed E-state index contributed by atoms with van der Waals surface area (Å²) < 4.78 is 77.6. The zero-order valence-corrected chi connectivity index (χ0v) is 33.7. The van der Waals surface area contributed by atoms with Gasteiger partial charge in [-0.3, -0.25) is 9.69 Å². The van der Waals surface area contributed by atoms with E-state index >= 15 is 0 Å². The van der Waals surface area contributed by atoms with Crippen LogP contribution in [0.3, 0.4) is 0 Å². The summed E-state index contributed by atoms with van der Waals surface area (Å²) in [5, 5.41) is 0. The van der Waals surface area contributed by atoms with Crippen molar-refractivity contribution in [1.82, 2.24) is 9.32 Å². The normalized spacial score (nSPS) is 15.7. The van der Waals surface area contributed by atoms with E-state index in [1.807, 2.05) is 13.8 Å². The van der Waals surface area contributed by atoms with Crippen LogP contribution in [0.4, 0.5) is 0 Å². The highest BCUT2D eigenvalue weighted by molar-refractivity contribution is 6.17. The molecule has 0 radical (unpaired) electrons. The fourth-order valence-corrected chi connectivity index (χ4v) is 4.77. The highest BCUT2D eigenvalue weighted by Crippen LogP contribution is 2.39. The maximum Gasteiger partial charge on any atom is 0.247 e. The van der Waals surface area contributed by atoms with E-state index in [4.69, 9.17) is 78.1 Å². The molecule has 0 bridgehead atoms. The van der Waals surface area contributed by atoms with E-state index in [0.717, 1.165) is 0 Å². The van der Waals surface area contributed by atoms with E-state index in [-0.39, 0.29) is 12.6 Å². The Balaban J connectivity index is 1.67. The summed E-state index contributed by atoms with van der Waals surface area (Å²) in [7, 11) is 1.64. The largest absolute Gasteiger partial charge is 0.382 e. The van der Waals surface area contributed by atoms with Crippen molar-refractivity contribution in [2.24, 2.45) is 0 Å². The number of nitrogens with zero attached hydrogens (tertiary/aromatic N) is 2. The predicted molar refractivity (Wildman–Crippen MR) is 195 cm³/mol. The van der Waals surface area contributed by atoms with Crippen molar-refractivity contribution in [3.63, 3.8) is 0 Å². The zero-order chi connectivity index (χ0) is 38.7. The molecule has 1 aliphatic heterocycles. The fraction of sp³-hybridized carbons (Fsp3) is 0.971. The second-order valence-corrected chi connectivity index (χ2v) is 12.8. The summed E-state index contributed by atoms with van der Waals surface area (Å²) in [6.07, 6.45) is 0. The molecule has 0 atom stereocenters. The van der Waals surface area contributed by atoms with E-state index in [9.17, 15) is 4.79 Å². The molecule has 0 aromatic heterocycles. The second kappa shape index (κ2) is 34.4. The van der Waals surface area contributed by atoms with Crippen LogP contribution in [0.5, 0.6) is 0 Å². The first-order valence-electron chi connectivity index (χ1n) is 18.5. The number of halogens is 1. The van der Waals surface area contributed by atoms with Crippen molar-refractivity contribution in [3.8, 4) is 0 Å². The number of methoxy groups -OCH3 is 1. The summed E-state index contributed by atoms with van der Waals surface area (Å²) in [6, 6.07) is 0. The van der Waals surface area contributed by atoms with Gasteiger partial charge in [-0.05, 0) is 39.5 Å². The quantitative estimate of drug-likeness (QED) is 0.0651. The molecule has 0 N–H and O–H groups in total. The molecule has 0 aliphatic carbocycles. The van der Waals surface area contributed by atoms with Crippen molar-refractivity contribution < 1.29 is 71.1 Å². The van der Waals surface area contributed by atoms with Crippen LogP contribution in [-0.2, 0) is 71.1 Å². The van der Waals surface area contributed by atoms with Gasteiger partial charge in [-0.25, -0.2) is 0 Å². The smallest absolute Gasteiger partial charge is 0.247 e. The summed E-state index contributed by atoms with van der Waals surface area (Å²) in [5.41, 5.74) is -1.42. The van der Waals surface area contributed by atoms with Gasteiger partial charge < -0.3 is 66.3 Å². The molecule has 0 spiro atoms. The van der Waals surface area contributed by atoms with Gasteiger partial charge in [0.25, 0.3) is 0 Å². The number of ether oxygens (including phenoxy) is 14. The lowest BCUT2D eigenvalue weighted by molar-refractivity contribution is -0.140. The van der Waals surface area contributed by atoms with E-state index in [2.05, 4.69) is 0 Å². The molecule has 0 saturated carbocycles. The molecule has 1 amide bonds. The van der Waals surface area contributed by atoms with Crippen molar-refractivity contribution in [3.05, 3.63) is 0 Å². The third kappa shape index (κ3) is 25.8. The van der Waals surface area contributed by atoms with Gasteiger partial charge in [0.2, 0.25) is 5.91 Å². The molecule has 1 rings (SSSR count). The molecule has 1 aliphatic rings. The number of hydrogen-bond donors (Lipinski definition) is 0. The first kappa shape index (κ1) is 50.2. The average molecular weight is 793 g/mol. The molecular weight excluding hydrogens is 724 g/mol. The van der Waals surface area contributed by atoms with Gasteiger partial charge in [-0.15, -0.1) is 0 Å². The second-order valence-electron chi connectivity index (χ2n) is 12.4. The molecule has 1 fully saturated rings. The standard InChI is InChI=1S/C35H69ClN2O15/c1-34(2)33(39)37(35(3,4)38(34)36)32-53-31-30-52-29-28-51-27-26-50-25-24-49-23-22-48-21-20-47-19-18-46-17-16-45-15-14-44-13-12-43-11-10-42-9-8-41-7-6-40-5/h6-32H2,1-5H3. The van der Waals surface area contributed by atoms with Crippen LogP contribution >= 0.6 is 11.8 Å².